The molecule has 2 heterocycles. The molecule has 0 radical (unpaired) electrons. The van der Waals surface area contributed by atoms with E-state index >= 15 is 0 Å². The van der Waals surface area contributed by atoms with Crippen molar-refractivity contribution in [3.05, 3.63) is 200 Å². The van der Waals surface area contributed by atoms with Crippen molar-refractivity contribution in [2.24, 2.45) is 0 Å². The third-order valence-corrected chi connectivity index (χ3v) is 10.9. The molecule has 0 aliphatic heterocycles. The van der Waals surface area contributed by atoms with E-state index in [-0.39, 0.29) is 0 Å². The molecule has 0 N–H and O–H groups in total. The average Bonchev–Trinajstić information content (AvgIpc) is 3.83. The van der Waals surface area contributed by atoms with Crippen molar-refractivity contribution >= 4 is 71.7 Å². The molecule has 0 aliphatic rings. The maximum atomic E-state index is 6.41. The Bertz CT molecular complexity index is 3200. The number of hydrogen-bond acceptors (Lipinski definition) is 3. The number of fused-ring (bicyclic) bond motifs is 7. The molecule has 3 nitrogen and oxygen atoms in total. The number of anilines is 3. The lowest BCUT2D eigenvalue weighted by atomic mass is 9.98. The van der Waals surface area contributed by atoms with Crippen LogP contribution in [0.4, 0.5) is 17.1 Å². The van der Waals surface area contributed by atoms with Crippen LogP contribution in [0.3, 0.4) is 0 Å². The van der Waals surface area contributed by atoms with Gasteiger partial charge in [-0.15, -0.1) is 0 Å². The highest BCUT2D eigenvalue weighted by molar-refractivity contribution is 6.12. The van der Waals surface area contributed by atoms with E-state index in [0.717, 1.165) is 88.8 Å². The summed E-state index contributed by atoms with van der Waals surface area (Å²) >= 11 is 0. The number of rotatable bonds is 6. The van der Waals surface area contributed by atoms with Crippen molar-refractivity contribution < 1.29 is 8.83 Å². The summed E-state index contributed by atoms with van der Waals surface area (Å²) in [5.41, 5.74) is 13.6. The van der Waals surface area contributed by atoms with E-state index < -0.39 is 0 Å². The normalized spacial score (nSPS) is 11.6. The Morgan fingerprint density at radius 1 is 0.309 bits per heavy atom. The van der Waals surface area contributed by atoms with E-state index in [1.54, 1.807) is 0 Å². The summed E-state index contributed by atoms with van der Waals surface area (Å²) in [7, 11) is 0. The molecule has 0 saturated heterocycles. The van der Waals surface area contributed by atoms with Crippen molar-refractivity contribution in [1.82, 2.24) is 0 Å². The molecule has 9 aromatic carbocycles. The first-order valence-electron chi connectivity index (χ1n) is 18.7. The fraction of sp³-hybridized carbons (Fsp3) is 0. The number of para-hydroxylation sites is 3. The molecule has 0 spiro atoms. The maximum absolute atomic E-state index is 6.41. The van der Waals surface area contributed by atoms with Crippen LogP contribution in [0.2, 0.25) is 0 Å². The standard InChI is InChI=1S/C52H33NO2/c1-2-11-37-32-39(23-22-34(37)10-1)38-12-7-13-42(33-38)53(40-28-24-35(25-29-40)43-16-9-21-50-51(43)47-15-4-6-20-49(47)54-50)41-30-26-36(27-31-41)44-17-8-18-46-45-14-3-5-19-48(45)55-52(44)46/h1-33H. The minimum absolute atomic E-state index is 0.897. The second-order valence-electron chi connectivity index (χ2n) is 14.1. The molecule has 0 unspecified atom stereocenters. The molecule has 0 bridgehead atoms. The summed E-state index contributed by atoms with van der Waals surface area (Å²) in [6, 6.07) is 71.0. The quantitative estimate of drug-likeness (QED) is 0.173. The molecule has 11 aromatic rings. The Balaban J connectivity index is 1.03. The van der Waals surface area contributed by atoms with E-state index in [9.17, 15) is 0 Å². The molecule has 0 amide bonds. The molecule has 11 rings (SSSR count). The van der Waals surface area contributed by atoms with Gasteiger partial charge in [-0.25, -0.2) is 0 Å². The molecule has 0 fully saturated rings. The van der Waals surface area contributed by atoms with Gasteiger partial charge in [0.25, 0.3) is 0 Å². The first kappa shape index (κ1) is 31.2. The van der Waals surface area contributed by atoms with Crippen LogP contribution < -0.4 is 4.90 Å². The summed E-state index contributed by atoms with van der Waals surface area (Å²) in [5.74, 6) is 0. The van der Waals surface area contributed by atoms with Gasteiger partial charge in [0.15, 0.2) is 0 Å². The van der Waals surface area contributed by atoms with Gasteiger partial charge in [-0.2, -0.15) is 0 Å². The molecule has 258 valence electrons. The molecule has 55 heavy (non-hydrogen) atoms. The first-order valence-corrected chi connectivity index (χ1v) is 18.7. The molecule has 0 aliphatic carbocycles. The SMILES string of the molecule is c1cc(-c2ccc3ccccc3c2)cc(N(c2ccc(-c3cccc4c3oc3ccccc34)cc2)c2ccc(-c3cccc4oc5ccccc5c34)cc2)c1. The Morgan fingerprint density at radius 3 is 1.67 bits per heavy atom. The smallest absolute Gasteiger partial charge is 0.143 e. The van der Waals surface area contributed by atoms with Gasteiger partial charge in [0.2, 0.25) is 0 Å². The van der Waals surface area contributed by atoms with Gasteiger partial charge in [-0.3, -0.25) is 0 Å². The Morgan fingerprint density at radius 2 is 0.873 bits per heavy atom. The lowest BCUT2D eigenvalue weighted by Gasteiger charge is -2.26. The molecule has 2 aromatic heterocycles. The number of benzene rings is 9. The molecule has 0 saturated carbocycles. The summed E-state index contributed by atoms with van der Waals surface area (Å²) in [5, 5.41) is 7.00. The predicted octanol–water partition coefficient (Wildman–Crippen LogP) is 15.1. The van der Waals surface area contributed by atoms with Gasteiger partial charge >= 0.3 is 0 Å². The van der Waals surface area contributed by atoms with Crippen molar-refractivity contribution in [3.8, 4) is 33.4 Å². The van der Waals surface area contributed by atoms with E-state index in [0.29, 0.717) is 0 Å². The monoisotopic (exact) mass is 703 g/mol. The topological polar surface area (TPSA) is 29.5 Å². The number of nitrogens with zero attached hydrogens (tertiary/aromatic N) is 1. The zero-order chi connectivity index (χ0) is 36.3. The fourth-order valence-electron chi connectivity index (χ4n) is 8.21. The van der Waals surface area contributed by atoms with Gasteiger partial charge in [0.1, 0.15) is 22.3 Å². The van der Waals surface area contributed by atoms with E-state index in [4.69, 9.17) is 8.83 Å². The van der Waals surface area contributed by atoms with Gasteiger partial charge in [-0.05, 0) is 99.3 Å². The summed E-state index contributed by atoms with van der Waals surface area (Å²) in [4.78, 5) is 2.34. The van der Waals surface area contributed by atoms with Crippen molar-refractivity contribution in [3.63, 3.8) is 0 Å². The van der Waals surface area contributed by atoms with Gasteiger partial charge < -0.3 is 13.7 Å². The first-order chi connectivity index (χ1) is 27.2. The highest BCUT2D eigenvalue weighted by atomic mass is 16.3. The summed E-state index contributed by atoms with van der Waals surface area (Å²) in [6.45, 7) is 0. The highest BCUT2D eigenvalue weighted by Gasteiger charge is 2.18. The van der Waals surface area contributed by atoms with Crippen LogP contribution in [0.1, 0.15) is 0 Å². The second-order valence-corrected chi connectivity index (χ2v) is 14.1. The Labute approximate surface area is 317 Å². The average molecular weight is 704 g/mol. The minimum atomic E-state index is 0.897. The largest absolute Gasteiger partial charge is 0.456 e. The van der Waals surface area contributed by atoms with Crippen LogP contribution in [0, 0.1) is 0 Å². The van der Waals surface area contributed by atoms with Gasteiger partial charge in [-0.1, -0.05) is 140 Å². The maximum Gasteiger partial charge on any atom is 0.143 e. The molecular formula is C52H33NO2. The van der Waals surface area contributed by atoms with Crippen LogP contribution in [0.25, 0.3) is 88.0 Å². The van der Waals surface area contributed by atoms with E-state index in [2.05, 4.69) is 181 Å². The zero-order valence-electron chi connectivity index (χ0n) is 29.8. The van der Waals surface area contributed by atoms with Crippen molar-refractivity contribution in [2.75, 3.05) is 4.90 Å². The number of hydrogen-bond donors (Lipinski definition) is 0. The van der Waals surface area contributed by atoms with Crippen LogP contribution in [-0.4, -0.2) is 0 Å². The van der Waals surface area contributed by atoms with Gasteiger partial charge in [0.05, 0.1) is 0 Å². The lowest BCUT2D eigenvalue weighted by molar-refractivity contribution is 0.669. The van der Waals surface area contributed by atoms with E-state index in [1.807, 2.05) is 24.3 Å². The third-order valence-electron chi connectivity index (χ3n) is 10.9. The third kappa shape index (κ3) is 5.28. The van der Waals surface area contributed by atoms with Crippen LogP contribution in [-0.2, 0) is 0 Å². The van der Waals surface area contributed by atoms with Crippen LogP contribution >= 0.6 is 0 Å². The Kier molecular flexibility index (Phi) is 7.17. The highest BCUT2D eigenvalue weighted by Crippen LogP contribution is 2.42. The second kappa shape index (κ2) is 12.6. The summed E-state index contributed by atoms with van der Waals surface area (Å²) in [6.07, 6.45) is 0. The lowest BCUT2D eigenvalue weighted by Crippen LogP contribution is -2.10. The number of furan rings is 2. The van der Waals surface area contributed by atoms with Gasteiger partial charge in [0, 0.05) is 44.2 Å². The van der Waals surface area contributed by atoms with E-state index in [1.165, 1.54) is 16.3 Å². The van der Waals surface area contributed by atoms with Crippen molar-refractivity contribution in [2.45, 2.75) is 0 Å². The Hall–Kier alpha value is -7.36. The van der Waals surface area contributed by atoms with Crippen molar-refractivity contribution in [1.29, 1.82) is 0 Å². The van der Waals surface area contributed by atoms with Crippen LogP contribution in [0.15, 0.2) is 209 Å². The molecule has 3 heteroatoms. The summed E-state index contributed by atoms with van der Waals surface area (Å²) < 4.78 is 12.6. The zero-order valence-corrected chi connectivity index (χ0v) is 29.8. The predicted molar refractivity (Wildman–Crippen MR) is 229 cm³/mol. The molecular weight excluding hydrogens is 671 g/mol. The minimum Gasteiger partial charge on any atom is -0.456 e. The fourth-order valence-corrected chi connectivity index (χ4v) is 8.21. The van der Waals surface area contributed by atoms with Crippen LogP contribution in [0.5, 0.6) is 0 Å². The molecule has 0 atom stereocenters.